The van der Waals surface area contributed by atoms with Crippen LogP contribution in [0, 0.1) is 0 Å². The Hall–Kier alpha value is -1.32. The van der Waals surface area contributed by atoms with Crippen LogP contribution in [0.4, 0.5) is 0 Å². The summed E-state index contributed by atoms with van der Waals surface area (Å²) in [6.45, 7) is 4.64. The van der Waals surface area contributed by atoms with E-state index in [0.29, 0.717) is 6.54 Å². The van der Waals surface area contributed by atoms with E-state index in [9.17, 15) is 0 Å². The summed E-state index contributed by atoms with van der Waals surface area (Å²) in [4.78, 5) is 0. The molecule has 3 heteroatoms. The van der Waals surface area contributed by atoms with Crippen molar-refractivity contribution in [2.45, 2.75) is 26.5 Å². The molecule has 90 valence electrons. The minimum absolute atomic E-state index is 0.210. The van der Waals surface area contributed by atoms with Gasteiger partial charge in [-0.15, -0.1) is 0 Å². The van der Waals surface area contributed by atoms with Crippen molar-refractivity contribution in [3.63, 3.8) is 0 Å². The molecule has 0 radical (unpaired) electrons. The second kappa shape index (κ2) is 5.34. The zero-order valence-electron chi connectivity index (χ0n) is 10.1. The van der Waals surface area contributed by atoms with Crippen LogP contribution in [0.2, 0.25) is 0 Å². The minimum Gasteiger partial charge on any atom is -0.491 e. The summed E-state index contributed by atoms with van der Waals surface area (Å²) in [7, 11) is 0. The number of rotatable bonds is 4. The predicted octanol–water partition coefficient (Wildman–Crippen LogP) is 3.66. The highest BCUT2D eigenvalue weighted by molar-refractivity contribution is 7.08. The summed E-state index contributed by atoms with van der Waals surface area (Å²) in [6.07, 6.45) is 0.210. The first-order chi connectivity index (χ1) is 8.20. The largest absolute Gasteiger partial charge is 0.491 e. The third-order valence-electron chi connectivity index (χ3n) is 2.50. The molecule has 1 aromatic carbocycles. The average Bonchev–Trinajstić information content (AvgIpc) is 2.77. The lowest BCUT2D eigenvalue weighted by atomic mass is 10.0. The van der Waals surface area contributed by atoms with Gasteiger partial charge < -0.3 is 10.5 Å². The second-order valence-corrected chi connectivity index (χ2v) is 4.95. The van der Waals surface area contributed by atoms with Crippen LogP contribution in [0.15, 0.2) is 35.0 Å². The molecular formula is C14H17NOS. The van der Waals surface area contributed by atoms with Crippen LogP contribution in [0.1, 0.15) is 19.4 Å². The molecule has 2 nitrogen and oxygen atoms in total. The number of benzene rings is 1. The first kappa shape index (κ1) is 12.1. The highest BCUT2D eigenvalue weighted by Gasteiger charge is 2.05. The van der Waals surface area contributed by atoms with Gasteiger partial charge in [0.25, 0.3) is 0 Å². The van der Waals surface area contributed by atoms with Crippen molar-refractivity contribution in [3.05, 3.63) is 40.6 Å². The zero-order chi connectivity index (χ0) is 12.3. The monoisotopic (exact) mass is 247 g/mol. The fourth-order valence-electron chi connectivity index (χ4n) is 1.72. The summed E-state index contributed by atoms with van der Waals surface area (Å²) < 4.78 is 5.62. The molecule has 0 amide bonds. The van der Waals surface area contributed by atoms with Crippen molar-refractivity contribution >= 4 is 11.3 Å². The van der Waals surface area contributed by atoms with Crippen molar-refractivity contribution in [1.29, 1.82) is 0 Å². The molecule has 1 aromatic heterocycles. The van der Waals surface area contributed by atoms with E-state index in [1.807, 2.05) is 26.0 Å². The Morgan fingerprint density at radius 3 is 2.47 bits per heavy atom. The number of nitrogens with two attached hydrogens (primary N) is 1. The highest BCUT2D eigenvalue weighted by atomic mass is 32.1. The van der Waals surface area contributed by atoms with E-state index in [4.69, 9.17) is 10.5 Å². The maximum atomic E-state index is 5.71. The van der Waals surface area contributed by atoms with E-state index in [0.717, 1.165) is 5.75 Å². The van der Waals surface area contributed by atoms with Crippen LogP contribution in [0.5, 0.6) is 5.75 Å². The quantitative estimate of drug-likeness (QED) is 0.894. The van der Waals surface area contributed by atoms with Crippen LogP contribution in [0.3, 0.4) is 0 Å². The predicted molar refractivity (Wildman–Crippen MR) is 73.4 cm³/mol. The molecule has 0 unspecified atom stereocenters. The summed E-state index contributed by atoms with van der Waals surface area (Å²) in [6, 6.07) is 8.18. The van der Waals surface area contributed by atoms with Gasteiger partial charge in [0.2, 0.25) is 0 Å². The normalized spacial score (nSPS) is 10.8. The topological polar surface area (TPSA) is 35.2 Å². The molecule has 0 spiro atoms. The van der Waals surface area contributed by atoms with Gasteiger partial charge in [0.15, 0.2) is 0 Å². The van der Waals surface area contributed by atoms with Gasteiger partial charge in [-0.3, -0.25) is 0 Å². The van der Waals surface area contributed by atoms with Gasteiger partial charge in [0.1, 0.15) is 5.75 Å². The van der Waals surface area contributed by atoms with E-state index in [1.54, 1.807) is 11.3 Å². The first-order valence-corrected chi connectivity index (χ1v) is 6.67. The molecular weight excluding hydrogens is 230 g/mol. The van der Waals surface area contributed by atoms with E-state index in [2.05, 4.69) is 22.9 Å². The first-order valence-electron chi connectivity index (χ1n) is 5.73. The highest BCUT2D eigenvalue weighted by Crippen LogP contribution is 2.28. The Morgan fingerprint density at radius 2 is 1.88 bits per heavy atom. The van der Waals surface area contributed by atoms with Crippen LogP contribution in [-0.2, 0) is 6.54 Å². The van der Waals surface area contributed by atoms with Gasteiger partial charge in [-0.1, -0.05) is 12.1 Å². The van der Waals surface area contributed by atoms with Crippen LogP contribution >= 0.6 is 11.3 Å². The lowest BCUT2D eigenvalue weighted by Crippen LogP contribution is -2.05. The van der Waals surface area contributed by atoms with E-state index in [1.165, 1.54) is 16.7 Å². The van der Waals surface area contributed by atoms with E-state index >= 15 is 0 Å². The van der Waals surface area contributed by atoms with Gasteiger partial charge >= 0.3 is 0 Å². The van der Waals surface area contributed by atoms with Crippen molar-refractivity contribution in [2.24, 2.45) is 5.73 Å². The Morgan fingerprint density at radius 1 is 1.18 bits per heavy atom. The summed E-state index contributed by atoms with van der Waals surface area (Å²) in [5.41, 5.74) is 9.34. The fraction of sp³-hybridized carbons (Fsp3) is 0.286. The fourth-order valence-corrected chi connectivity index (χ4v) is 2.60. The van der Waals surface area contributed by atoms with E-state index < -0.39 is 0 Å². The molecule has 0 atom stereocenters. The minimum atomic E-state index is 0.210. The zero-order valence-corrected chi connectivity index (χ0v) is 11.0. The Bertz CT molecular complexity index is 473. The standard InChI is InChI=1S/C14H17NOS/c1-10(2)16-13-5-3-11(4-6-13)14-9-17-8-12(14)7-15/h3-6,8-10H,7,15H2,1-2H3. The molecule has 0 aliphatic carbocycles. The number of thiophene rings is 1. The van der Waals surface area contributed by atoms with Crippen LogP contribution in [0.25, 0.3) is 11.1 Å². The second-order valence-electron chi connectivity index (χ2n) is 4.21. The molecule has 2 rings (SSSR count). The molecule has 2 aromatic rings. The molecule has 0 aliphatic rings. The molecule has 2 N–H and O–H groups in total. The molecule has 0 bridgehead atoms. The van der Waals surface area contributed by atoms with E-state index in [-0.39, 0.29) is 6.10 Å². The molecule has 1 heterocycles. The Balaban J connectivity index is 2.23. The maximum Gasteiger partial charge on any atom is 0.119 e. The van der Waals surface area contributed by atoms with Crippen LogP contribution in [-0.4, -0.2) is 6.10 Å². The SMILES string of the molecule is CC(C)Oc1ccc(-c2cscc2CN)cc1. The van der Waals surface area contributed by atoms with Gasteiger partial charge in [0, 0.05) is 6.54 Å². The van der Waals surface area contributed by atoms with Crippen molar-refractivity contribution < 1.29 is 4.74 Å². The van der Waals surface area contributed by atoms with Crippen molar-refractivity contribution in [1.82, 2.24) is 0 Å². The summed E-state index contributed by atoms with van der Waals surface area (Å²) in [5, 5.41) is 4.24. The molecule has 0 saturated carbocycles. The Kier molecular flexibility index (Phi) is 3.82. The van der Waals surface area contributed by atoms with Crippen molar-refractivity contribution in [2.75, 3.05) is 0 Å². The maximum absolute atomic E-state index is 5.71. The van der Waals surface area contributed by atoms with Gasteiger partial charge in [0.05, 0.1) is 6.10 Å². The lowest BCUT2D eigenvalue weighted by molar-refractivity contribution is 0.242. The average molecular weight is 247 g/mol. The smallest absolute Gasteiger partial charge is 0.119 e. The third kappa shape index (κ3) is 2.87. The Labute approximate surface area is 106 Å². The molecule has 17 heavy (non-hydrogen) atoms. The summed E-state index contributed by atoms with van der Waals surface area (Å²) in [5.74, 6) is 0.910. The molecule has 0 aliphatic heterocycles. The van der Waals surface area contributed by atoms with Gasteiger partial charge in [-0.25, -0.2) is 0 Å². The summed E-state index contributed by atoms with van der Waals surface area (Å²) >= 11 is 1.69. The molecule has 0 fully saturated rings. The van der Waals surface area contributed by atoms with Crippen LogP contribution < -0.4 is 10.5 Å². The number of hydrogen-bond acceptors (Lipinski definition) is 3. The van der Waals surface area contributed by atoms with Crippen molar-refractivity contribution in [3.8, 4) is 16.9 Å². The van der Waals surface area contributed by atoms with Gasteiger partial charge in [-0.05, 0) is 53.4 Å². The lowest BCUT2D eigenvalue weighted by Gasteiger charge is -2.10. The number of ether oxygens (including phenoxy) is 1. The third-order valence-corrected chi connectivity index (χ3v) is 3.29. The van der Waals surface area contributed by atoms with Gasteiger partial charge in [-0.2, -0.15) is 11.3 Å². The number of hydrogen-bond donors (Lipinski definition) is 1. The molecule has 0 saturated heterocycles.